The number of nitrogens with one attached hydrogen (secondary N) is 1. The van der Waals surface area contributed by atoms with Gasteiger partial charge in [0.15, 0.2) is 0 Å². The Balaban J connectivity index is 0.00000392. The highest BCUT2D eigenvalue weighted by Crippen LogP contribution is 2.26. The number of benzene rings is 1. The van der Waals surface area contributed by atoms with Gasteiger partial charge in [-0.15, -0.1) is 24.8 Å². The van der Waals surface area contributed by atoms with Crippen molar-refractivity contribution in [1.82, 2.24) is 20.2 Å². The van der Waals surface area contributed by atoms with Crippen molar-refractivity contribution >= 4 is 48.2 Å². The van der Waals surface area contributed by atoms with E-state index in [2.05, 4.69) is 15.3 Å². The van der Waals surface area contributed by atoms with Crippen LogP contribution in [0.3, 0.4) is 0 Å². The standard InChI is InChI=1S/C19H24ClN5O2.2ClH/c1-12(2)17(21)19(27)24-11-16(26)25(3)18(15-10-22-8-9-23-15)13-4-6-14(20)7-5-13;;/h4-10,12,17-18H,11,21H2,1-3H3,(H,24,27);2*1H/t17-,18?;;/m0../s1. The van der Waals surface area contributed by atoms with E-state index in [-0.39, 0.29) is 49.1 Å². The van der Waals surface area contributed by atoms with Crippen LogP contribution in [0, 0.1) is 5.92 Å². The van der Waals surface area contributed by atoms with E-state index >= 15 is 0 Å². The van der Waals surface area contributed by atoms with Crippen LogP contribution in [-0.4, -0.2) is 46.3 Å². The molecule has 0 aliphatic heterocycles. The summed E-state index contributed by atoms with van der Waals surface area (Å²) >= 11 is 5.98. The van der Waals surface area contributed by atoms with Crippen LogP contribution in [0.1, 0.15) is 31.1 Å². The third kappa shape index (κ3) is 7.44. The van der Waals surface area contributed by atoms with Gasteiger partial charge in [0.1, 0.15) is 6.04 Å². The van der Waals surface area contributed by atoms with Crippen LogP contribution >= 0.6 is 36.4 Å². The molecule has 0 fully saturated rings. The molecule has 0 aliphatic carbocycles. The number of hydrogen-bond acceptors (Lipinski definition) is 5. The molecule has 1 unspecified atom stereocenters. The molecule has 0 radical (unpaired) electrons. The zero-order valence-corrected chi connectivity index (χ0v) is 18.8. The van der Waals surface area contributed by atoms with E-state index in [0.29, 0.717) is 10.7 Å². The van der Waals surface area contributed by atoms with Gasteiger partial charge in [0.25, 0.3) is 0 Å². The molecule has 160 valence electrons. The molecule has 0 saturated heterocycles. The van der Waals surface area contributed by atoms with Crippen LogP contribution in [0.2, 0.25) is 5.02 Å². The zero-order valence-electron chi connectivity index (χ0n) is 16.4. The highest BCUT2D eigenvalue weighted by atomic mass is 35.5. The van der Waals surface area contributed by atoms with Gasteiger partial charge < -0.3 is 16.0 Å². The van der Waals surface area contributed by atoms with Gasteiger partial charge in [-0.05, 0) is 23.6 Å². The Labute approximate surface area is 188 Å². The Morgan fingerprint density at radius 2 is 1.79 bits per heavy atom. The van der Waals surface area contributed by atoms with E-state index in [1.165, 1.54) is 4.90 Å². The lowest BCUT2D eigenvalue weighted by molar-refractivity contribution is -0.133. The number of hydrogen-bond donors (Lipinski definition) is 2. The molecule has 0 spiro atoms. The maximum Gasteiger partial charge on any atom is 0.242 e. The van der Waals surface area contributed by atoms with E-state index < -0.39 is 12.1 Å². The topological polar surface area (TPSA) is 101 Å². The number of halogens is 3. The lowest BCUT2D eigenvalue weighted by atomic mass is 10.0. The Bertz CT molecular complexity index is 775. The highest BCUT2D eigenvalue weighted by Gasteiger charge is 2.26. The van der Waals surface area contributed by atoms with Gasteiger partial charge in [0, 0.05) is 24.5 Å². The van der Waals surface area contributed by atoms with Crippen molar-refractivity contribution in [2.45, 2.75) is 25.9 Å². The summed E-state index contributed by atoms with van der Waals surface area (Å²) in [7, 11) is 1.66. The van der Waals surface area contributed by atoms with Crippen LogP contribution in [0.15, 0.2) is 42.9 Å². The monoisotopic (exact) mass is 461 g/mol. The number of nitrogens with two attached hydrogens (primary N) is 1. The van der Waals surface area contributed by atoms with Gasteiger partial charge in [0.05, 0.1) is 24.5 Å². The average molecular weight is 463 g/mol. The van der Waals surface area contributed by atoms with Gasteiger partial charge in [0.2, 0.25) is 11.8 Å². The SMILES string of the molecule is CC(C)[C@H](N)C(=O)NCC(=O)N(C)C(c1ccc(Cl)cc1)c1cnccn1.Cl.Cl. The largest absolute Gasteiger partial charge is 0.346 e. The normalized spacial score (nSPS) is 12.2. The van der Waals surface area contributed by atoms with Crippen molar-refractivity contribution < 1.29 is 9.59 Å². The lowest BCUT2D eigenvalue weighted by Crippen LogP contribution is -2.47. The summed E-state index contributed by atoms with van der Waals surface area (Å²) in [6.45, 7) is 3.55. The molecular weight excluding hydrogens is 437 g/mol. The minimum absolute atomic E-state index is 0. The molecular formula is C19H26Cl3N5O2. The fourth-order valence-corrected chi connectivity index (χ4v) is 2.67. The van der Waals surface area contributed by atoms with Crippen molar-refractivity contribution in [3.63, 3.8) is 0 Å². The molecule has 2 rings (SSSR count). The molecule has 7 nitrogen and oxygen atoms in total. The van der Waals surface area contributed by atoms with Crippen LogP contribution in [0.25, 0.3) is 0 Å². The minimum Gasteiger partial charge on any atom is -0.346 e. The maximum absolute atomic E-state index is 12.7. The first kappa shape index (κ1) is 27.1. The molecule has 0 aliphatic rings. The second kappa shape index (κ2) is 12.6. The fourth-order valence-electron chi connectivity index (χ4n) is 2.54. The Morgan fingerprint density at radius 3 is 2.31 bits per heavy atom. The van der Waals surface area contributed by atoms with Crippen LogP contribution in [0.4, 0.5) is 0 Å². The number of nitrogens with zero attached hydrogens (tertiary/aromatic N) is 3. The summed E-state index contributed by atoms with van der Waals surface area (Å²) in [5.74, 6) is -0.640. The van der Waals surface area contributed by atoms with Crippen molar-refractivity contribution in [1.29, 1.82) is 0 Å². The van der Waals surface area contributed by atoms with Crippen molar-refractivity contribution in [2.75, 3.05) is 13.6 Å². The number of aromatic nitrogens is 2. The maximum atomic E-state index is 12.7. The second-order valence-electron chi connectivity index (χ2n) is 6.58. The molecule has 2 atom stereocenters. The predicted octanol–water partition coefficient (Wildman–Crippen LogP) is 2.62. The molecule has 1 aromatic heterocycles. The Morgan fingerprint density at radius 1 is 1.17 bits per heavy atom. The number of rotatable bonds is 7. The first-order chi connectivity index (χ1) is 12.8. The molecule has 10 heteroatoms. The smallest absolute Gasteiger partial charge is 0.242 e. The molecule has 2 amide bonds. The van der Waals surface area contributed by atoms with E-state index in [9.17, 15) is 9.59 Å². The summed E-state index contributed by atoms with van der Waals surface area (Å²) in [4.78, 5) is 34.7. The first-order valence-electron chi connectivity index (χ1n) is 8.61. The number of amides is 2. The molecule has 2 aromatic rings. The molecule has 29 heavy (non-hydrogen) atoms. The summed E-state index contributed by atoms with van der Waals surface area (Å²) in [6.07, 6.45) is 4.74. The van der Waals surface area contributed by atoms with E-state index in [4.69, 9.17) is 17.3 Å². The number of carbonyl (C=O) groups excluding carboxylic acids is 2. The summed E-state index contributed by atoms with van der Waals surface area (Å²) in [5.41, 5.74) is 7.26. The van der Waals surface area contributed by atoms with Crippen molar-refractivity contribution in [3.05, 3.63) is 59.1 Å². The Kier molecular flexibility index (Phi) is 11.8. The summed E-state index contributed by atoms with van der Waals surface area (Å²) in [6, 6.07) is 6.05. The minimum atomic E-state index is -0.657. The van der Waals surface area contributed by atoms with Crippen LogP contribution in [-0.2, 0) is 9.59 Å². The zero-order chi connectivity index (χ0) is 20.0. The van der Waals surface area contributed by atoms with Crippen molar-refractivity contribution in [3.8, 4) is 0 Å². The molecule has 0 bridgehead atoms. The average Bonchev–Trinajstić information content (AvgIpc) is 2.67. The molecule has 1 heterocycles. The predicted molar refractivity (Wildman–Crippen MR) is 118 cm³/mol. The number of likely N-dealkylation sites (N-methyl/N-ethyl adjacent to an activating group) is 1. The van der Waals surface area contributed by atoms with Gasteiger partial charge >= 0.3 is 0 Å². The molecule has 1 aromatic carbocycles. The van der Waals surface area contributed by atoms with Gasteiger partial charge in [-0.3, -0.25) is 19.6 Å². The van der Waals surface area contributed by atoms with E-state index in [1.807, 2.05) is 26.0 Å². The third-order valence-electron chi connectivity index (χ3n) is 4.26. The molecule has 0 saturated carbocycles. The highest BCUT2D eigenvalue weighted by molar-refractivity contribution is 6.30. The van der Waals surface area contributed by atoms with Gasteiger partial charge in [-0.25, -0.2) is 0 Å². The van der Waals surface area contributed by atoms with Gasteiger partial charge in [-0.2, -0.15) is 0 Å². The quantitative estimate of drug-likeness (QED) is 0.658. The van der Waals surface area contributed by atoms with E-state index in [1.54, 1.807) is 37.8 Å². The summed E-state index contributed by atoms with van der Waals surface area (Å²) in [5, 5.41) is 3.20. The van der Waals surface area contributed by atoms with Crippen LogP contribution in [0.5, 0.6) is 0 Å². The fraction of sp³-hybridized carbons (Fsp3) is 0.368. The third-order valence-corrected chi connectivity index (χ3v) is 4.52. The lowest BCUT2D eigenvalue weighted by Gasteiger charge is -2.28. The van der Waals surface area contributed by atoms with Crippen LogP contribution < -0.4 is 11.1 Å². The first-order valence-corrected chi connectivity index (χ1v) is 8.99. The van der Waals surface area contributed by atoms with Gasteiger partial charge in [-0.1, -0.05) is 37.6 Å². The van der Waals surface area contributed by atoms with E-state index in [0.717, 1.165) is 5.56 Å². The number of carbonyl (C=O) groups is 2. The Hall–Kier alpha value is -1.93. The van der Waals surface area contributed by atoms with Crippen molar-refractivity contribution in [2.24, 2.45) is 11.7 Å². The molecule has 3 N–H and O–H groups in total. The summed E-state index contributed by atoms with van der Waals surface area (Å²) < 4.78 is 0. The second-order valence-corrected chi connectivity index (χ2v) is 7.01.